The number of aromatic amines is 1. The van der Waals surface area contributed by atoms with Gasteiger partial charge >= 0.3 is 0 Å². The van der Waals surface area contributed by atoms with E-state index in [0.29, 0.717) is 6.54 Å². The van der Waals surface area contributed by atoms with Gasteiger partial charge in [-0.05, 0) is 17.0 Å². The number of nitrogens with one attached hydrogen (secondary N) is 2. The van der Waals surface area contributed by atoms with E-state index in [0.717, 1.165) is 16.5 Å². The van der Waals surface area contributed by atoms with E-state index in [1.54, 1.807) is 0 Å². The third-order valence-electron chi connectivity index (χ3n) is 2.29. The van der Waals surface area contributed by atoms with E-state index in [1.807, 2.05) is 30.5 Å². The second-order valence-electron chi connectivity index (χ2n) is 3.38. The Balaban J connectivity index is 2.10. The molecule has 0 fully saturated rings. The number of aromatic nitrogens is 1. The minimum absolute atomic E-state index is 0.267. The molecule has 0 aliphatic heterocycles. The summed E-state index contributed by atoms with van der Waals surface area (Å²) in [6.45, 7) is 0.194. The first-order valence-electron chi connectivity index (χ1n) is 4.81. The largest absolute Gasteiger partial charge is 0.361 e. The quantitative estimate of drug-likeness (QED) is 0.797. The molecular formula is C11H12F2N2. The van der Waals surface area contributed by atoms with Crippen LogP contribution >= 0.6 is 0 Å². The molecule has 80 valence electrons. The fourth-order valence-electron chi connectivity index (χ4n) is 1.61. The van der Waals surface area contributed by atoms with Crippen molar-refractivity contribution in [3.63, 3.8) is 0 Å². The number of benzene rings is 1. The van der Waals surface area contributed by atoms with Crippen LogP contribution in [0.4, 0.5) is 8.78 Å². The molecule has 2 rings (SSSR count). The molecule has 0 saturated carbocycles. The van der Waals surface area contributed by atoms with Crippen molar-refractivity contribution in [3.05, 3.63) is 36.0 Å². The van der Waals surface area contributed by atoms with Crippen molar-refractivity contribution in [3.8, 4) is 0 Å². The topological polar surface area (TPSA) is 27.8 Å². The third-order valence-corrected chi connectivity index (χ3v) is 2.29. The Kier molecular flexibility index (Phi) is 2.97. The first kappa shape index (κ1) is 10.1. The van der Waals surface area contributed by atoms with Gasteiger partial charge in [-0.25, -0.2) is 8.78 Å². The van der Waals surface area contributed by atoms with E-state index in [4.69, 9.17) is 0 Å². The fraction of sp³-hybridized carbons (Fsp3) is 0.273. The number of alkyl halides is 2. The van der Waals surface area contributed by atoms with E-state index in [2.05, 4.69) is 10.3 Å². The fourth-order valence-corrected chi connectivity index (χ4v) is 1.61. The van der Waals surface area contributed by atoms with Crippen LogP contribution in [0.15, 0.2) is 30.5 Å². The maximum Gasteiger partial charge on any atom is 0.250 e. The van der Waals surface area contributed by atoms with E-state index < -0.39 is 6.43 Å². The molecule has 0 radical (unpaired) electrons. The van der Waals surface area contributed by atoms with Crippen molar-refractivity contribution < 1.29 is 8.78 Å². The lowest BCUT2D eigenvalue weighted by Gasteiger charge is -2.05. The normalized spacial score (nSPS) is 11.4. The zero-order valence-electron chi connectivity index (χ0n) is 8.13. The van der Waals surface area contributed by atoms with E-state index in [1.165, 1.54) is 0 Å². The number of hydrogen-bond acceptors (Lipinski definition) is 1. The van der Waals surface area contributed by atoms with Crippen LogP contribution in [0, 0.1) is 0 Å². The lowest BCUT2D eigenvalue weighted by Crippen LogP contribution is -2.20. The Labute approximate surface area is 86.3 Å². The van der Waals surface area contributed by atoms with Gasteiger partial charge in [0.15, 0.2) is 0 Å². The highest BCUT2D eigenvalue weighted by Gasteiger charge is 2.03. The Morgan fingerprint density at radius 3 is 2.93 bits per heavy atom. The summed E-state index contributed by atoms with van der Waals surface area (Å²) in [5.74, 6) is 0. The summed E-state index contributed by atoms with van der Waals surface area (Å²) in [6, 6.07) is 7.81. The summed E-state index contributed by atoms with van der Waals surface area (Å²) < 4.78 is 23.8. The van der Waals surface area contributed by atoms with Crippen LogP contribution < -0.4 is 5.32 Å². The number of H-pyrrole nitrogens is 1. The van der Waals surface area contributed by atoms with Gasteiger partial charge in [-0.15, -0.1) is 0 Å². The van der Waals surface area contributed by atoms with Gasteiger partial charge in [0.2, 0.25) is 0 Å². The third kappa shape index (κ3) is 2.33. The van der Waals surface area contributed by atoms with Crippen molar-refractivity contribution in [2.45, 2.75) is 13.0 Å². The van der Waals surface area contributed by atoms with E-state index >= 15 is 0 Å². The maximum atomic E-state index is 11.9. The molecule has 2 aromatic rings. The Morgan fingerprint density at radius 2 is 2.13 bits per heavy atom. The predicted molar refractivity (Wildman–Crippen MR) is 56.0 cm³/mol. The van der Waals surface area contributed by atoms with Gasteiger partial charge in [0, 0.05) is 18.3 Å². The maximum absolute atomic E-state index is 11.9. The highest BCUT2D eigenvalue weighted by Crippen LogP contribution is 2.16. The second-order valence-corrected chi connectivity index (χ2v) is 3.38. The van der Waals surface area contributed by atoms with Crippen molar-refractivity contribution in [1.82, 2.24) is 10.3 Å². The minimum atomic E-state index is -2.30. The molecule has 0 atom stereocenters. The van der Waals surface area contributed by atoms with Gasteiger partial charge in [-0.1, -0.05) is 18.2 Å². The Morgan fingerprint density at radius 1 is 1.27 bits per heavy atom. The van der Waals surface area contributed by atoms with Crippen LogP contribution in [-0.2, 0) is 6.54 Å². The van der Waals surface area contributed by atoms with Crippen LogP contribution in [0.25, 0.3) is 10.9 Å². The summed E-state index contributed by atoms with van der Waals surface area (Å²) in [7, 11) is 0. The Bertz CT molecular complexity index is 437. The first-order valence-corrected chi connectivity index (χ1v) is 4.81. The standard InChI is InChI=1S/C11H12F2N2/c12-10(13)7-14-6-9-3-1-2-8-4-5-15-11(8)9/h1-5,10,14-15H,6-7H2. The van der Waals surface area contributed by atoms with Gasteiger partial charge in [0.25, 0.3) is 6.43 Å². The number of rotatable bonds is 4. The molecule has 0 aliphatic carbocycles. The SMILES string of the molecule is FC(F)CNCc1cccc2cc[nH]c12. The second kappa shape index (κ2) is 4.40. The zero-order valence-corrected chi connectivity index (χ0v) is 8.13. The summed E-state index contributed by atoms with van der Waals surface area (Å²) in [6.07, 6.45) is -0.450. The summed E-state index contributed by atoms with van der Waals surface area (Å²) in [5.41, 5.74) is 2.03. The van der Waals surface area contributed by atoms with Gasteiger partial charge in [-0.3, -0.25) is 0 Å². The van der Waals surface area contributed by atoms with E-state index in [9.17, 15) is 8.78 Å². The average molecular weight is 210 g/mol. The van der Waals surface area contributed by atoms with Crippen LogP contribution in [0.2, 0.25) is 0 Å². The number of halogens is 2. The van der Waals surface area contributed by atoms with Gasteiger partial charge in [-0.2, -0.15) is 0 Å². The van der Waals surface area contributed by atoms with Gasteiger partial charge in [0.05, 0.1) is 6.54 Å². The van der Waals surface area contributed by atoms with Crippen molar-refractivity contribution in [1.29, 1.82) is 0 Å². The van der Waals surface area contributed by atoms with Crippen molar-refractivity contribution in [2.75, 3.05) is 6.54 Å². The Hall–Kier alpha value is -1.42. The van der Waals surface area contributed by atoms with E-state index in [-0.39, 0.29) is 6.54 Å². The van der Waals surface area contributed by atoms with Crippen LogP contribution in [0.3, 0.4) is 0 Å². The molecule has 0 spiro atoms. The molecule has 0 saturated heterocycles. The van der Waals surface area contributed by atoms with Crippen molar-refractivity contribution in [2.24, 2.45) is 0 Å². The molecule has 15 heavy (non-hydrogen) atoms. The molecule has 0 bridgehead atoms. The molecule has 1 aromatic carbocycles. The highest BCUT2D eigenvalue weighted by atomic mass is 19.3. The lowest BCUT2D eigenvalue weighted by atomic mass is 10.1. The molecule has 0 amide bonds. The first-order chi connectivity index (χ1) is 7.27. The average Bonchev–Trinajstić information content (AvgIpc) is 2.65. The molecule has 2 N–H and O–H groups in total. The summed E-state index contributed by atoms with van der Waals surface area (Å²) in [4.78, 5) is 3.10. The summed E-state index contributed by atoms with van der Waals surface area (Å²) >= 11 is 0. The number of hydrogen-bond donors (Lipinski definition) is 2. The lowest BCUT2D eigenvalue weighted by molar-refractivity contribution is 0.145. The van der Waals surface area contributed by atoms with Gasteiger partial charge < -0.3 is 10.3 Å². The smallest absolute Gasteiger partial charge is 0.250 e. The zero-order chi connectivity index (χ0) is 10.7. The number of fused-ring (bicyclic) bond motifs is 1. The molecule has 1 heterocycles. The minimum Gasteiger partial charge on any atom is -0.361 e. The molecule has 0 aliphatic rings. The number of para-hydroxylation sites is 1. The van der Waals surface area contributed by atoms with Crippen LogP contribution in [0.1, 0.15) is 5.56 Å². The monoisotopic (exact) mass is 210 g/mol. The molecule has 0 unspecified atom stereocenters. The van der Waals surface area contributed by atoms with Gasteiger partial charge in [0.1, 0.15) is 0 Å². The molecule has 4 heteroatoms. The molecule has 2 nitrogen and oxygen atoms in total. The van der Waals surface area contributed by atoms with Crippen LogP contribution in [-0.4, -0.2) is 18.0 Å². The highest BCUT2D eigenvalue weighted by molar-refractivity contribution is 5.82. The van der Waals surface area contributed by atoms with Crippen molar-refractivity contribution >= 4 is 10.9 Å². The summed E-state index contributed by atoms with van der Waals surface area (Å²) in [5, 5.41) is 3.82. The molecule has 1 aromatic heterocycles. The predicted octanol–water partition coefficient (Wildman–Crippen LogP) is 2.52. The van der Waals surface area contributed by atoms with Crippen LogP contribution in [0.5, 0.6) is 0 Å². The molecular weight excluding hydrogens is 198 g/mol.